The van der Waals surface area contributed by atoms with Crippen LogP contribution in [0.2, 0.25) is 0 Å². The van der Waals surface area contributed by atoms with Crippen LogP contribution in [0.3, 0.4) is 0 Å². The standard InChI is InChI=1S/C57H50N4/c1-43-16-13-25-55(40-43)59(46-19-7-4-8-20-46)52-34-28-49(29-35-52)58(50-30-36-53(37-31-50)60(47-21-9-5-10-22-47)56-26-14-17-44(2)41-56)51-32-38-54(39-33-51)61(48-23-11-6-12-24-48)57-27-15-18-45(3)42-57/h4-26,28-30,32-34,36,38-42,52,57H,27,35H2,1-3H3. The van der Waals surface area contributed by atoms with Crippen LogP contribution in [0.25, 0.3) is 0 Å². The van der Waals surface area contributed by atoms with Crippen molar-refractivity contribution in [1.82, 2.24) is 0 Å². The van der Waals surface area contributed by atoms with Crippen LogP contribution in [-0.4, -0.2) is 12.1 Å². The monoisotopic (exact) mass is 790 g/mol. The first-order valence-electron chi connectivity index (χ1n) is 21.2. The van der Waals surface area contributed by atoms with E-state index in [4.69, 9.17) is 0 Å². The quantitative estimate of drug-likeness (QED) is 0.122. The molecule has 2 unspecified atom stereocenters. The molecule has 0 radical (unpaired) electrons. The lowest BCUT2D eigenvalue weighted by molar-refractivity contribution is 0.776. The van der Waals surface area contributed by atoms with Gasteiger partial charge >= 0.3 is 0 Å². The Morgan fingerprint density at radius 2 is 0.918 bits per heavy atom. The van der Waals surface area contributed by atoms with Crippen molar-refractivity contribution in [3.05, 3.63) is 247 Å². The molecule has 2 aliphatic carbocycles. The maximum absolute atomic E-state index is 3.63. The van der Waals surface area contributed by atoms with E-state index < -0.39 is 0 Å². The summed E-state index contributed by atoms with van der Waals surface area (Å²) in [5, 5.41) is 0. The van der Waals surface area contributed by atoms with Crippen molar-refractivity contribution in [2.45, 2.75) is 45.7 Å². The Morgan fingerprint density at radius 3 is 1.48 bits per heavy atom. The zero-order chi connectivity index (χ0) is 41.5. The second-order valence-electron chi connectivity index (χ2n) is 15.9. The van der Waals surface area contributed by atoms with Crippen molar-refractivity contribution in [3.63, 3.8) is 0 Å². The van der Waals surface area contributed by atoms with E-state index in [1.54, 1.807) is 0 Å². The Bertz CT molecular complexity index is 2680. The third-order valence-electron chi connectivity index (χ3n) is 11.4. The summed E-state index contributed by atoms with van der Waals surface area (Å²) in [4.78, 5) is 9.46. The normalized spacial score (nSPS) is 15.6. The molecule has 0 fully saturated rings. The number of para-hydroxylation sites is 3. The molecule has 0 amide bonds. The van der Waals surface area contributed by atoms with Crippen LogP contribution in [0.1, 0.15) is 30.9 Å². The second-order valence-corrected chi connectivity index (χ2v) is 15.9. The summed E-state index contributed by atoms with van der Waals surface area (Å²) in [7, 11) is 0. The number of anilines is 9. The number of aryl methyl sites for hydroxylation is 2. The molecule has 0 bridgehead atoms. The number of allylic oxidation sites excluding steroid dienone is 3. The van der Waals surface area contributed by atoms with Crippen LogP contribution in [-0.2, 0) is 0 Å². The molecule has 0 saturated heterocycles. The molecule has 2 atom stereocenters. The predicted molar refractivity (Wildman–Crippen MR) is 257 cm³/mol. The van der Waals surface area contributed by atoms with Gasteiger partial charge in [-0.25, -0.2) is 0 Å². The summed E-state index contributed by atoms with van der Waals surface area (Å²) in [5.74, 6) is 0. The Balaban J connectivity index is 1.10. The molecule has 4 heteroatoms. The number of hydrogen-bond donors (Lipinski definition) is 0. The van der Waals surface area contributed by atoms with Crippen LogP contribution >= 0.6 is 0 Å². The van der Waals surface area contributed by atoms with Crippen LogP contribution in [0, 0.1) is 26.0 Å². The summed E-state index contributed by atoms with van der Waals surface area (Å²) in [6, 6.07) is 70.2. The van der Waals surface area contributed by atoms with Gasteiger partial charge < -0.3 is 19.6 Å². The van der Waals surface area contributed by atoms with Crippen LogP contribution in [0.4, 0.5) is 51.2 Å². The van der Waals surface area contributed by atoms with Gasteiger partial charge in [-0.15, -0.1) is 0 Å². The van der Waals surface area contributed by atoms with E-state index in [0.717, 1.165) is 52.7 Å². The first-order valence-corrected chi connectivity index (χ1v) is 21.2. The van der Waals surface area contributed by atoms with E-state index in [0.29, 0.717) is 0 Å². The van der Waals surface area contributed by atoms with Crippen molar-refractivity contribution in [2.24, 2.45) is 0 Å². The minimum absolute atomic E-state index is 0.129. The van der Waals surface area contributed by atoms with Gasteiger partial charge in [-0.3, -0.25) is 0 Å². The molecule has 2 aliphatic rings. The minimum atomic E-state index is 0.129. The van der Waals surface area contributed by atoms with Gasteiger partial charge in [0.2, 0.25) is 0 Å². The van der Waals surface area contributed by atoms with E-state index in [9.17, 15) is 0 Å². The molecular formula is C57H50N4. The van der Waals surface area contributed by atoms with E-state index in [-0.39, 0.29) is 12.1 Å². The van der Waals surface area contributed by atoms with E-state index in [1.807, 2.05) is 0 Å². The van der Waals surface area contributed by atoms with Crippen LogP contribution < -0.4 is 19.6 Å². The highest BCUT2D eigenvalue weighted by atomic mass is 15.2. The maximum Gasteiger partial charge on any atom is 0.0975 e. The van der Waals surface area contributed by atoms with Gasteiger partial charge in [0.15, 0.2) is 0 Å². The van der Waals surface area contributed by atoms with Crippen molar-refractivity contribution < 1.29 is 0 Å². The highest BCUT2D eigenvalue weighted by Crippen LogP contribution is 2.40. The van der Waals surface area contributed by atoms with Crippen LogP contribution in [0.5, 0.6) is 0 Å². The molecule has 9 rings (SSSR count). The Labute approximate surface area is 362 Å². The molecule has 0 spiro atoms. The molecule has 0 N–H and O–H groups in total. The Kier molecular flexibility index (Phi) is 11.4. The van der Waals surface area contributed by atoms with Gasteiger partial charge in [0.25, 0.3) is 0 Å². The van der Waals surface area contributed by atoms with Gasteiger partial charge in [-0.2, -0.15) is 0 Å². The van der Waals surface area contributed by atoms with Crippen molar-refractivity contribution in [3.8, 4) is 0 Å². The number of nitrogens with zero attached hydrogens (tertiary/aromatic N) is 4. The Morgan fingerprint density at radius 1 is 0.426 bits per heavy atom. The highest BCUT2D eigenvalue weighted by Gasteiger charge is 2.25. The summed E-state index contributed by atoms with van der Waals surface area (Å²) in [6.45, 7) is 6.47. The highest BCUT2D eigenvalue weighted by molar-refractivity contribution is 5.79. The summed E-state index contributed by atoms with van der Waals surface area (Å²) >= 11 is 0. The average Bonchev–Trinajstić information content (AvgIpc) is 3.30. The Hall–Kier alpha value is -7.48. The summed E-state index contributed by atoms with van der Waals surface area (Å²) < 4.78 is 0. The minimum Gasteiger partial charge on any atom is -0.334 e. The lowest BCUT2D eigenvalue weighted by atomic mass is 10.00. The molecule has 298 valence electrons. The molecular weight excluding hydrogens is 741 g/mol. The SMILES string of the molecule is CC1=CC(N(c2ccccc2)c2ccc(N(C3=CCC(N(c4ccccc4)c4cccc(C)c4)C=C3)c3c#cc(N(c4ccccc4)c4cccc(C)c4)cc3)cc2)CC=C1. The fourth-order valence-corrected chi connectivity index (χ4v) is 8.57. The number of benzene rings is 6. The molecule has 7 aromatic carbocycles. The van der Waals surface area contributed by atoms with Crippen molar-refractivity contribution in [2.75, 3.05) is 19.6 Å². The molecule has 7 aromatic rings. The lowest BCUT2D eigenvalue weighted by Crippen LogP contribution is -2.31. The van der Waals surface area contributed by atoms with Gasteiger partial charge in [0.1, 0.15) is 0 Å². The average molecular weight is 791 g/mol. The molecule has 0 aromatic heterocycles. The second kappa shape index (κ2) is 17.8. The smallest absolute Gasteiger partial charge is 0.0975 e. The van der Waals surface area contributed by atoms with E-state index in [2.05, 4.69) is 265 Å². The lowest BCUT2D eigenvalue weighted by Gasteiger charge is -2.35. The topological polar surface area (TPSA) is 13.0 Å². The maximum atomic E-state index is 3.63. The van der Waals surface area contributed by atoms with Gasteiger partial charge in [-0.1, -0.05) is 115 Å². The largest absolute Gasteiger partial charge is 0.334 e. The fraction of sp³-hybridized carbons (Fsp3) is 0.123. The third-order valence-corrected chi connectivity index (χ3v) is 11.4. The first kappa shape index (κ1) is 39.0. The number of rotatable bonds is 12. The fourth-order valence-electron chi connectivity index (χ4n) is 8.57. The van der Waals surface area contributed by atoms with Gasteiger partial charge in [-0.05, 0) is 160 Å². The first-order chi connectivity index (χ1) is 30.0. The van der Waals surface area contributed by atoms with Gasteiger partial charge in [0.05, 0.1) is 23.5 Å². The molecule has 0 saturated carbocycles. The third kappa shape index (κ3) is 8.65. The molecule has 0 aliphatic heterocycles. The van der Waals surface area contributed by atoms with E-state index in [1.165, 1.54) is 33.8 Å². The molecule has 0 heterocycles. The molecule has 61 heavy (non-hydrogen) atoms. The van der Waals surface area contributed by atoms with Crippen molar-refractivity contribution in [1.29, 1.82) is 0 Å². The van der Waals surface area contributed by atoms with Gasteiger partial charge in [0, 0.05) is 45.5 Å². The van der Waals surface area contributed by atoms with E-state index >= 15 is 0 Å². The van der Waals surface area contributed by atoms with Crippen LogP contribution in [0.15, 0.2) is 224 Å². The summed E-state index contributed by atoms with van der Waals surface area (Å²) in [6.07, 6.45) is 15.6. The summed E-state index contributed by atoms with van der Waals surface area (Å²) in [5.41, 5.74) is 14.5. The molecule has 4 nitrogen and oxygen atoms in total. The zero-order valence-electron chi connectivity index (χ0n) is 35.1. The predicted octanol–water partition coefficient (Wildman–Crippen LogP) is 15.0. The number of hydrogen-bond acceptors (Lipinski definition) is 4. The van der Waals surface area contributed by atoms with Crippen molar-refractivity contribution >= 4 is 51.2 Å². The zero-order valence-corrected chi connectivity index (χ0v) is 35.1.